The molecule has 1 N–H and O–H groups in total. The fraction of sp³-hybridized carbons (Fsp3) is 0.200. The van der Waals surface area contributed by atoms with Gasteiger partial charge in [-0.25, -0.2) is 0 Å². The maximum Gasteiger partial charge on any atom is 0.433 e. The van der Waals surface area contributed by atoms with E-state index in [1.165, 1.54) is 6.92 Å². The van der Waals surface area contributed by atoms with Crippen LogP contribution in [0.25, 0.3) is 11.5 Å². The molecule has 0 aliphatic carbocycles. The molecule has 0 unspecified atom stereocenters. The molecule has 0 aliphatic heterocycles. The number of alkyl halides is 3. The highest BCUT2D eigenvalue weighted by atomic mass is 19.4. The van der Waals surface area contributed by atoms with E-state index in [4.69, 9.17) is 4.74 Å². The summed E-state index contributed by atoms with van der Waals surface area (Å²) in [5, 5.41) is 5.78. The molecule has 23 heavy (non-hydrogen) atoms. The molecule has 5 nitrogen and oxygen atoms in total. The SMILES string of the molecule is Cc1c(-c2nc(Oc3ccccc3)cn2C)n[nH]c1C(F)(F)F. The number of hydrogen-bond donors (Lipinski definition) is 1. The smallest absolute Gasteiger partial charge is 0.433 e. The molecule has 0 radical (unpaired) electrons. The van der Waals surface area contributed by atoms with E-state index in [1.807, 2.05) is 23.3 Å². The van der Waals surface area contributed by atoms with Crippen LogP contribution in [-0.2, 0) is 13.2 Å². The van der Waals surface area contributed by atoms with E-state index in [9.17, 15) is 13.2 Å². The highest BCUT2D eigenvalue weighted by Crippen LogP contribution is 2.34. The maximum absolute atomic E-state index is 12.8. The van der Waals surface area contributed by atoms with Crippen molar-refractivity contribution in [3.63, 3.8) is 0 Å². The fourth-order valence-corrected chi connectivity index (χ4v) is 2.21. The molecular formula is C15H13F3N4O. The monoisotopic (exact) mass is 322 g/mol. The lowest BCUT2D eigenvalue weighted by molar-refractivity contribution is -0.141. The summed E-state index contributed by atoms with van der Waals surface area (Å²) in [6.45, 7) is 1.36. The van der Waals surface area contributed by atoms with Gasteiger partial charge >= 0.3 is 6.18 Å². The van der Waals surface area contributed by atoms with Gasteiger partial charge in [-0.2, -0.15) is 23.3 Å². The highest BCUT2D eigenvalue weighted by molar-refractivity contribution is 5.57. The van der Waals surface area contributed by atoms with E-state index >= 15 is 0 Å². The number of ether oxygens (including phenoxy) is 1. The van der Waals surface area contributed by atoms with Crippen molar-refractivity contribution in [1.82, 2.24) is 19.7 Å². The van der Waals surface area contributed by atoms with E-state index in [0.29, 0.717) is 11.6 Å². The summed E-state index contributed by atoms with van der Waals surface area (Å²) in [5.74, 6) is 1.16. The maximum atomic E-state index is 12.8. The third kappa shape index (κ3) is 2.92. The first-order valence-corrected chi connectivity index (χ1v) is 6.75. The summed E-state index contributed by atoms with van der Waals surface area (Å²) < 4.78 is 45.7. The van der Waals surface area contributed by atoms with Gasteiger partial charge in [-0.05, 0) is 19.1 Å². The minimum absolute atomic E-state index is 0.00235. The van der Waals surface area contributed by atoms with Crippen molar-refractivity contribution < 1.29 is 17.9 Å². The minimum atomic E-state index is -4.48. The van der Waals surface area contributed by atoms with Crippen molar-refractivity contribution >= 4 is 0 Å². The first kappa shape index (κ1) is 15.1. The van der Waals surface area contributed by atoms with Crippen molar-refractivity contribution in [2.45, 2.75) is 13.1 Å². The molecule has 0 saturated heterocycles. The van der Waals surface area contributed by atoms with Crippen LogP contribution in [0.2, 0.25) is 0 Å². The Morgan fingerprint density at radius 3 is 2.48 bits per heavy atom. The van der Waals surface area contributed by atoms with Gasteiger partial charge in [0.15, 0.2) is 5.82 Å². The van der Waals surface area contributed by atoms with E-state index in [0.717, 1.165) is 0 Å². The fourth-order valence-electron chi connectivity index (χ4n) is 2.21. The van der Waals surface area contributed by atoms with Crippen LogP contribution in [-0.4, -0.2) is 19.7 Å². The molecule has 1 aromatic carbocycles. The van der Waals surface area contributed by atoms with Crippen LogP contribution in [0.5, 0.6) is 11.6 Å². The predicted octanol–water partition coefficient (Wildman–Crippen LogP) is 3.93. The number of nitrogens with one attached hydrogen (secondary N) is 1. The van der Waals surface area contributed by atoms with Gasteiger partial charge in [-0.15, -0.1) is 0 Å². The summed E-state index contributed by atoms with van der Waals surface area (Å²) in [6.07, 6.45) is -2.90. The first-order valence-electron chi connectivity index (χ1n) is 6.75. The first-order chi connectivity index (χ1) is 10.9. The lowest BCUT2D eigenvalue weighted by Crippen LogP contribution is -2.07. The summed E-state index contributed by atoms with van der Waals surface area (Å²) in [5.41, 5.74) is -0.735. The Labute approximate surface area is 129 Å². The summed E-state index contributed by atoms with van der Waals surface area (Å²) >= 11 is 0. The summed E-state index contributed by atoms with van der Waals surface area (Å²) in [7, 11) is 1.67. The molecule has 0 amide bonds. The van der Waals surface area contributed by atoms with Crippen molar-refractivity contribution in [3.8, 4) is 23.1 Å². The second-order valence-corrected chi connectivity index (χ2v) is 5.00. The molecule has 2 heterocycles. The molecular weight excluding hydrogens is 309 g/mol. The number of imidazole rings is 1. The molecule has 8 heteroatoms. The Morgan fingerprint density at radius 2 is 1.87 bits per heavy atom. The number of aryl methyl sites for hydroxylation is 1. The van der Waals surface area contributed by atoms with E-state index in [1.54, 1.807) is 29.9 Å². The number of nitrogens with zero attached hydrogens (tertiary/aromatic N) is 3. The number of para-hydroxylation sites is 1. The van der Waals surface area contributed by atoms with Crippen LogP contribution in [0.15, 0.2) is 36.5 Å². The standard InChI is InChI=1S/C15H13F3N4O/c1-9-12(20-21-13(9)15(16,17)18)14-19-11(8-22(14)2)23-10-6-4-3-5-7-10/h3-8H,1-2H3,(H,20,21). The lowest BCUT2D eigenvalue weighted by atomic mass is 10.2. The average Bonchev–Trinajstić information content (AvgIpc) is 3.02. The lowest BCUT2D eigenvalue weighted by Gasteiger charge is -2.04. The summed E-state index contributed by atoms with van der Waals surface area (Å²) in [6, 6.07) is 8.99. The van der Waals surface area contributed by atoms with Gasteiger partial charge in [0.05, 0.1) is 6.20 Å². The van der Waals surface area contributed by atoms with Gasteiger partial charge in [0.1, 0.15) is 17.1 Å². The second-order valence-electron chi connectivity index (χ2n) is 5.00. The van der Waals surface area contributed by atoms with Gasteiger partial charge in [0, 0.05) is 12.6 Å². The number of halogens is 3. The number of aromatic amines is 1. The zero-order chi connectivity index (χ0) is 16.6. The molecule has 3 aromatic rings. The van der Waals surface area contributed by atoms with E-state index < -0.39 is 11.9 Å². The molecule has 0 atom stereocenters. The molecule has 0 saturated carbocycles. The van der Waals surface area contributed by atoms with Crippen molar-refractivity contribution in [2.75, 3.05) is 0 Å². The van der Waals surface area contributed by atoms with Crippen LogP contribution >= 0.6 is 0 Å². The van der Waals surface area contributed by atoms with Crippen LogP contribution in [0, 0.1) is 6.92 Å². The Balaban J connectivity index is 1.94. The third-order valence-corrected chi connectivity index (χ3v) is 3.32. The van der Waals surface area contributed by atoms with Gasteiger partial charge in [-0.1, -0.05) is 18.2 Å². The van der Waals surface area contributed by atoms with Crippen LogP contribution < -0.4 is 4.74 Å². The number of benzene rings is 1. The molecule has 2 aromatic heterocycles. The molecule has 120 valence electrons. The normalized spacial score (nSPS) is 11.7. The summed E-state index contributed by atoms with van der Waals surface area (Å²) in [4.78, 5) is 4.22. The topological polar surface area (TPSA) is 55.7 Å². The highest BCUT2D eigenvalue weighted by Gasteiger charge is 2.36. The molecule has 3 rings (SSSR count). The molecule has 0 spiro atoms. The zero-order valence-corrected chi connectivity index (χ0v) is 12.3. The quantitative estimate of drug-likeness (QED) is 0.795. The van der Waals surface area contributed by atoms with Gasteiger partial charge in [0.25, 0.3) is 0 Å². The molecule has 0 aliphatic rings. The molecule has 0 bridgehead atoms. The Kier molecular flexibility index (Phi) is 3.59. The Bertz CT molecular complexity index is 821. The number of H-pyrrole nitrogens is 1. The Morgan fingerprint density at radius 1 is 1.17 bits per heavy atom. The van der Waals surface area contributed by atoms with Crippen molar-refractivity contribution in [1.29, 1.82) is 0 Å². The Hall–Kier alpha value is -2.77. The van der Waals surface area contributed by atoms with E-state index in [2.05, 4.69) is 10.1 Å². The third-order valence-electron chi connectivity index (χ3n) is 3.32. The second kappa shape index (κ2) is 5.45. The van der Waals surface area contributed by atoms with Crippen molar-refractivity contribution in [3.05, 3.63) is 47.8 Å². The van der Waals surface area contributed by atoms with Crippen molar-refractivity contribution in [2.24, 2.45) is 7.05 Å². The van der Waals surface area contributed by atoms with Crippen LogP contribution in [0.3, 0.4) is 0 Å². The van der Waals surface area contributed by atoms with Gasteiger partial charge in [-0.3, -0.25) is 5.10 Å². The predicted molar refractivity (Wildman–Crippen MR) is 77.0 cm³/mol. The zero-order valence-electron chi connectivity index (χ0n) is 12.3. The van der Waals surface area contributed by atoms with Gasteiger partial charge < -0.3 is 9.30 Å². The number of rotatable bonds is 3. The minimum Gasteiger partial charge on any atom is -0.438 e. The largest absolute Gasteiger partial charge is 0.438 e. The van der Waals surface area contributed by atoms with Gasteiger partial charge in [0.2, 0.25) is 5.88 Å². The van der Waals surface area contributed by atoms with Crippen LogP contribution in [0.4, 0.5) is 13.2 Å². The van der Waals surface area contributed by atoms with Crippen LogP contribution in [0.1, 0.15) is 11.3 Å². The molecule has 0 fully saturated rings. The van der Waals surface area contributed by atoms with E-state index in [-0.39, 0.29) is 17.1 Å². The average molecular weight is 322 g/mol. The number of aromatic nitrogens is 4. The number of hydrogen-bond acceptors (Lipinski definition) is 3.